The van der Waals surface area contributed by atoms with Gasteiger partial charge < -0.3 is 15.5 Å². The van der Waals surface area contributed by atoms with Crippen LogP contribution < -0.4 is 5.73 Å². The summed E-state index contributed by atoms with van der Waals surface area (Å²) in [5, 5.41) is 0. The number of rotatable bonds is 6. The summed E-state index contributed by atoms with van der Waals surface area (Å²) < 4.78 is 0. The first-order valence-electron chi connectivity index (χ1n) is 9.15. The van der Waals surface area contributed by atoms with Crippen molar-refractivity contribution in [1.29, 1.82) is 0 Å². The van der Waals surface area contributed by atoms with E-state index in [-0.39, 0.29) is 36.6 Å². The minimum atomic E-state index is 0. The zero-order chi connectivity index (χ0) is 18.2. The fraction of sp³-hybridized carbons (Fsp3) is 0.579. The van der Waals surface area contributed by atoms with Gasteiger partial charge in [-0.2, -0.15) is 0 Å². The van der Waals surface area contributed by atoms with E-state index >= 15 is 0 Å². The predicted molar refractivity (Wildman–Crippen MR) is 115 cm³/mol. The van der Waals surface area contributed by atoms with Gasteiger partial charge in [-0.25, -0.2) is 0 Å². The van der Waals surface area contributed by atoms with Gasteiger partial charge in [-0.3, -0.25) is 14.5 Å². The van der Waals surface area contributed by atoms with E-state index in [0.717, 1.165) is 44.7 Å². The summed E-state index contributed by atoms with van der Waals surface area (Å²) in [4.78, 5) is 30.7. The quantitative estimate of drug-likeness (QED) is 0.717. The molecule has 8 heteroatoms. The topological polar surface area (TPSA) is 69.9 Å². The molecule has 1 aliphatic rings. The van der Waals surface area contributed by atoms with Gasteiger partial charge in [0.15, 0.2) is 0 Å². The standard InChI is InChI=1S/C19H30N4O2.2ClH/c1-3-22(4-2)19(25)15-21-10-5-11-23(13-12-21)18(24)14-16-6-8-17(20)9-7-16;;/h6-9H,3-5,10-15,20H2,1-2H3;2*1H. The van der Waals surface area contributed by atoms with Crippen molar-refractivity contribution in [1.82, 2.24) is 14.7 Å². The van der Waals surface area contributed by atoms with Crippen LogP contribution in [0.4, 0.5) is 5.69 Å². The van der Waals surface area contributed by atoms with Crippen molar-refractivity contribution in [2.24, 2.45) is 0 Å². The molecule has 2 amide bonds. The van der Waals surface area contributed by atoms with Gasteiger partial charge in [-0.15, -0.1) is 24.8 Å². The molecule has 0 saturated carbocycles. The third-order valence-electron chi connectivity index (χ3n) is 4.75. The van der Waals surface area contributed by atoms with Gasteiger partial charge in [0, 0.05) is 45.0 Å². The molecule has 1 aromatic carbocycles. The lowest BCUT2D eigenvalue weighted by molar-refractivity contribution is -0.132. The lowest BCUT2D eigenvalue weighted by atomic mass is 10.1. The highest BCUT2D eigenvalue weighted by atomic mass is 35.5. The van der Waals surface area contributed by atoms with E-state index in [4.69, 9.17) is 5.73 Å². The average Bonchev–Trinajstić information content (AvgIpc) is 2.83. The van der Waals surface area contributed by atoms with Gasteiger partial charge in [-0.05, 0) is 38.0 Å². The van der Waals surface area contributed by atoms with Crippen LogP contribution in [0.1, 0.15) is 25.8 Å². The van der Waals surface area contributed by atoms with Crippen molar-refractivity contribution in [2.45, 2.75) is 26.7 Å². The van der Waals surface area contributed by atoms with Crippen molar-refractivity contribution in [3.05, 3.63) is 29.8 Å². The Bertz CT molecular complexity index is 580. The number of likely N-dealkylation sites (N-methyl/N-ethyl adjacent to an activating group) is 1. The van der Waals surface area contributed by atoms with Gasteiger partial charge in [0.05, 0.1) is 13.0 Å². The third kappa shape index (κ3) is 7.95. The molecule has 27 heavy (non-hydrogen) atoms. The molecule has 154 valence electrons. The summed E-state index contributed by atoms with van der Waals surface area (Å²) in [6, 6.07) is 7.46. The third-order valence-corrected chi connectivity index (χ3v) is 4.75. The number of amides is 2. The Hall–Kier alpha value is -1.50. The highest BCUT2D eigenvalue weighted by Crippen LogP contribution is 2.10. The van der Waals surface area contributed by atoms with Crippen molar-refractivity contribution in [3.8, 4) is 0 Å². The second-order valence-corrected chi connectivity index (χ2v) is 6.49. The molecule has 1 aliphatic heterocycles. The summed E-state index contributed by atoms with van der Waals surface area (Å²) >= 11 is 0. The Balaban J connectivity index is 0.00000338. The molecule has 6 nitrogen and oxygen atoms in total. The summed E-state index contributed by atoms with van der Waals surface area (Å²) in [6.45, 7) is 8.98. The number of nitrogens with zero attached hydrogens (tertiary/aromatic N) is 3. The maximum atomic E-state index is 12.5. The lowest BCUT2D eigenvalue weighted by Gasteiger charge is -2.25. The summed E-state index contributed by atoms with van der Waals surface area (Å²) in [5.41, 5.74) is 7.38. The number of hydrogen-bond acceptors (Lipinski definition) is 4. The van der Waals surface area contributed by atoms with E-state index in [9.17, 15) is 9.59 Å². The maximum Gasteiger partial charge on any atom is 0.236 e. The van der Waals surface area contributed by atoms with Crippen molar-refractivity contribution < 1.29 is 9.59 Å². The van der Waals surface area contributed by atoms with Gasteiger partial charge in [-0.1, -0.05) is 12.1 Å². The molecule has 0 bridgehead atoms. The van der Waals surface area contributed by atoms with Crippen LogP contribution in [0.25, 0.3) is 0 Å². The highest BCUT2D eigenvalue weighted by Gasteiger charge is 2.21. The first kappa shape index (κ1) is 25.5. The van der Waals surface area contributed by atoms with Crippen molar-refractivity contribution in [2.75, 3.05) is 51.5 Å². The monoisotopic (exact) mass is 418 g/mol. The largest absolute Gasteiger partial charge is 0.399 e. The zero-order valence-corrected chi connectivity index (χ0v) is 17.9. The van der Waals surface area contributed by atoms with E-state index in [2.05, 4.69) is 4.90 Å². The molecule has 1 aromatic rings. The van der Waals surface area contributed by atoms with Crippen molar-refractivity contribution >= 4 is 42.3 Å². The van der Waals surface area contributed by atoms with Crippen LogP contribution >= 0.6 is 24.8 Å². The Morgan fingerprint density at radius 1 is 1.00 bits per heavy atom. The molecular formula is C19H32Cl2N4O2. The molecule has 1 saturated heterocycles. The molecule has 1 heterocycles. The highest BCUT2D eigenvalue weighted by molar-refractivity contribution is 5.85. The fourth-order valence-electron chi connectivity index (χ4n) is 3.17. The first-order valence-corrected chi connectivity index (χ1v) is 9.15. The van der Waals surface area contributed by atoms with Gasteiger partial charge >= 0.3 is 0 Å². The molecule has 0 aromatic heterocycles. The second-order valence-electron chi connectivity index (χ2n) is 6.49. The molecule has 2 rings (SSSR count). The summed E-state index contributed by atoms with van der Waals surface area (Å²) in [6.07, 6.45) is 1.30. The number of anilines is 1. The number of carbonyl (C=O) groups is 2. The molecule has 0 spiro atoms. The van der Waals surface area contributed by atoms with E-state index in [1.54, 1.807) is 0 Å². The Morgan fingerprint density at radius 3 is 2.22 bits per heavy atom. The van der Waals surface area contributed by atoms with E-state index in [1.165, 1.54) is 0 Å². The zero-order valence-electron chi connectivity index (χ0n) is 16.2. The number of nitrogens with two attached hydrogens (primary N) is 1. The first-order chi connectivity index (χ1) is 12.0. The second kappa shape index (κ2) is 12.8. The van der Waals surface area contributed by atoms with Crippen LogP contribution in [0.5, 0.6) is 0 Å². The average molecular weight is 419 g/mol. The molecule has 0 radical (unpaired) electrons. The number of carbonyl (C=O) groups excluding carboxylic acids is 2. The van der Waals surface area contributed by atoms with E-state index < -0.39 is 0 Å². The summed E-state index contributed by atoms with van der Waals surface area (Å²) in [5.74, 6) is 0.313. The number of nitrogen functional groups attached to an aromatic ring is 1. The molecular weight excluding hydrogens is 387 g/mol. The van der Waals surface area contributed by atoms with E-state index in [0.29, 0.717) is 25.2 Å². The molecule has 1 fully saturated rings. The van der Waals surface area contributed by atoms with Crippen LogP contribution in [0, 0.1) is 0 Å². The molecule has 0 atom stereocenters. The Morgan fingerprint density at radius 2 is 1.63 bits per heavy atom. The normalized spacial score (nSPS) is 14.5. The maximum absolute atomic E-state index is 12.5. The van der Waals surface area contributed by atoms with Crippen LogP contribution in [0.15, 0.2) is 24.3 Å². The molecule has 2 N–H and O–H groups in total. The van der Waals surface area contributed by atoms with Crippen LogP contribution in [0.3, 0.4) is 0 Å². The summed E-state index contributed by atoms with van der Waals surface area (Å²) in [7, 11) is 0. The van der Waals surface area contributed by atoms with Gasteiger partial charge in [0.1, 0.15) is 0 Å². The molecule has 0 aliphatic carbocycles. The number of halogens is 2. The van der Waals surface area contributed by atoms with Crippen LogP contribution in [-0.4, -0.2) is 72.3 Å². The predicted octanol–water partition coefficient (Wildman–Crippen LogP) is 2.06. The number of hydrogen-bond donors (Lipinski definition) is 1. The Labute approximate surface area is 174 Å². The molecule has 0 unspecified atom stereocenters. The minimum Gasteiger partial charge on any atom is -0.399 e. The van der Waals surface area contributed by atoms with Crippen molar-refractivity contribution in [3.63, 3.8) is 0 Å². The van der Waals surface area contributed by atoms with Crippen LogP contribution in [0.2, 0.25) is 0 Å². The SMILES string of the molecule is CCN(CC)C(=O)CN1CCCN(C(=O)Cc2ccc(N)cc2)CC1.Cl.Cl. The lowest BCUT2D eigenvalue weighted by Crippen LogP contribution is -2.42. The van der Waals surface area contributed by atoms with E-state index in [1.807, 2.05) is 47.9 Å². The van der Waals surface area contributed by atoms with Gasteiger partial charge in [0.2, 0.25) is 11.8 Å². The minimum absolute atomic E-state index is 0. The fourth-order valence-corrected chi connectivity index (χ4v) is 3.17. The van der Waals surface area contributed by atoms with Crippen LogP contribution in [-0.2, 0) is 16.0 Å². The smallest absolute Gasteiger partial charge is 0.236 e. The Kier molecular flexibility index (Phi) is 12.1. The van der Waals surface area contributed by atoms with Gasteiger partial charge in [0.25, 0.3) is 0 Å². The number of benzene rings is 1.